The molecule has 2 aromatic carbocycles. The predicted molar refractivity (Wildman–Crippen MR) is 91.1 cm³/mol. The molecule has 1 heterocycles. The van der Waals surface area contributed by atoms with E-state index >= 15 is 0 Å². The predicted octanol–water partition coefficient (Wildman–Crippen LogP) is 2.92. The first kappa shape index (κ1) is 15.4. The molecule has 3 rings (SSSR count). The van der Waals surface area contributed by atoms with Crippen molar-refractivity contribution in [1.29, 1.82) is 0 Å². The van der Waals surface area contributed by atoms with E-state index in [-0.39, 0.29) is 18.2 Å². The van der Waals surface area contributed by atoms with Crippen LogP contribution in [0.3, 0.4) is 0 Å². The van der Waals surface area contributed by atoms with Crippen molar-refractivity contribution in [2.24, 2.45) is 0 Å². The van der Waals surface area contributed by atoms with Crippen LogP contribution >= 0.6 is 11.8 Å². The van der Waals surface area contributed by atoms with Gasteiger partial charge in [-0.1, -0.05) is 6.07 Å². The van der Waals surface area contributed by atoms with E-state index in [1.807, 2.05) is 18.2 Å². The highest BCUT2D eigenvalue weighted by Gasteiger charge is 2.16. The zero-order chi connectivity index (χ0) is 16.2. The van der Waals surface area contributed by atoms with Crippen LogP contribution in [-0.4, -0.2) is 24.7 Å². The van der Waals surface area contributed by atoms with Crippen molar-refractivity contribution in [1.82, 2.24) is 0 Å². The summed E-state index contributed by atoms with van der Waals surface area (Å²) >= 11 is 1.51. The summed E-state index contributed by atoms with van der Waals surface area (Å²) < 4.78 is 5.08. The van der Waals surface area contributed by atoms with E-state index in [4.69, 9.17) is 4.74 Å². The third-order valence-corrected chi connectivity index (χ3v) is 4.49. The maximum Gasteiger partial charge on any atom is 0.234 e. The number of carbonyl (C=O) groups is 2. The summed E-state index contributed by atoms with van der Waals surface area (Å²) in [5, 5.41) is 5.67. The topological polar surface area (TPSA) is 67.4 Å². The van der Waals surface area contributed by atoms with E-state index < -0.39 is 0 Å². The van der Waals surface area contributed by atoms with Crippen LogP contribution in [0.2, 0.25) is 0 Å². The molecule has 0 bridgehead atoms. The molecule has 0 saturated heterocycles. The lowest BCUT2D eigenvalue weighted by Crippen LogP contribution is -2.19. The molecule has 0 aliphatic carbocycles. The summed E-state index contributed by atoms with van der Waals surface area (Å²) in [6.45, 7) is 0. The fraction of sp³-hybridized carbons (Fsp3) is 0.176. The molecule has 2 amide bonds. The van der Waals surface area contributed by atoms with Crippen molar-refractivity contribution in [2.45, 2.75) is 11.3 Å². The van der Waals surface area contributed by atoms with Crippen LogP contribution in [0.25, 0.3) is 0 Å². The molecule has 0 spiro atoms. The summed E-state index contributed by atoms with van der Waals surface area (Å²) in [6, 6.07) is 12.9. The Kier molecular flexibility index (Phi) is 4.52. The van der Waals surface area contributed by atoms with Crippen molar-refractivity contribution in [2.75, 3.05) is 23.5 Å². The number of rotatable bonds is 4. The number of methoxy groups -OCH3 is 1. The molecule has 0 fully saturated rings. The lowest BCUT2D eigenvalue weighted by molar-refractivity contribution is -0.115. The second kappa shape index (κ2) is 6.75. The Morgan fingerprint density at radius 3 is 2.78 bits per heavy atom. The highest BCUT2D eigenvalue weighted by Crippen LogP contribution is 2.32. The lowest BCUT2D eigenvalue weighted by Gasteiger charge is -2.17. The first-order chi connectivity index (χ1) is 11.1. The molecule has 0 unspecified atom stereocenters. The minimum Gasteiger partial charge on any atom is -0.497 e. The second-order valence-corrected chi connectivity index (χ2v) is 6.14. The fourth-order valence-electron chi connectivity index (χ4n) is 2.31. The van der Waals surface area contributed by atoms with Gasteiger partial charge in [0.05, 0.1) is 25.0 Å². The Morgan fingerprint density at radius 2 is 2.04 bits per heavy atom. The van der Waals surface area contributed by atoms with E-state index in [2.05, 4.69) is 10.6 Å². The summed E-state index contributed by atoms with van der Waals surface area (Å²) in [5.74, 6) is 1.06. The van der Waals surface area contributed by atoms with Gasteiger partial charge < -0.3 is 15.4 Å². The van der Waals surface area contributed by atoms with Gasteiger partial charge in [0.2, 0.25) is 11.8 Å². The number of hydrogen-bond acceptors (Lipinski definition) is 4. The van der Waals surface area contributed by atoms with E-state index in [0.29, 0.717) is 5.75 Å². The first-order valence-corrected chi connectivity index (χ1v) is 8.12. The third kappa shape index (κ3) is 3.84. The van der Waals surface area contributed by atoms with E-state index in [1.165, 1.54) is 11.8 Å². The summed E-state index contributed by atoms with van der Waals surface area (Å²) in [6.07, 6.45) is 0.250. The van der Waals surface area contributed by atoms with E-state index in [0.717, 1.165) is 27.6 Å². The zero-order valence-electron chi connectivity index (χ0n) is 12.6. The van der Waals surface area contributed by atoms with Gasteiger partial charge in [-0.3, -0.25) is 9.59 Å². The van der Waals surface area contributed by atoms with Gasteiger partial charge in [0.15, 0.2) is 0 Å². The minimum atomic E-state index is -0.107. The van der Waals surface area contributed by atoms with Crippen LogP contribution in [0.15, 0.2) is 47.4 Å². The van der Waals surface area contributed by atoms with E-state index in [9.17, 15) is 9.59 Å². The van der Waals surface area contributed by atoms with Gasteiger partial charge >= 0.3 is 0 Å². The van der Waals surface area contributed by atoms with Gasteiger partial charge in [-0.15, -0.1) is 11.8 Å². The molecule has 1 aliphatic heterocycles. The Balaban J connectivity index is 1.65. The van der Waals surface area contributed by atoms with Gasteiger partial charge in [-0.2, -0.15) is 0 Å². The minimum absolute atomic E-state index is 0.0117. The van der Waals surface area contributed by atoms with Crippen molar-refractivity contribution < 1.29 is 14.3 Å². The van der Waals surface area contributed by atoms with Gasteiger partial charge in [-0.05, 0) is 42.0 Å². The molecule has 0 saturated carbocycles. The van der Waals surface area contributed by atoms with Crippen LogP contribution in [-0.2, 0) is 16.0 Å². The SMILES string of the molecule is COc1ccc(NC(=O)Cc2ccc3c(c2)NC(=O)CS3)cc1. The zero-order valence-corrected chi connectivity index (χ0v) is 13.4. The molecule has 6 heteroatoms. The Labute approximate surface area is 138 Å². The molecular formula is C17H16N2O3S. The van der Waals surface area contributed by atoms with Crippen LogP contribution in [0, 0.1) is 0 Å². The monoisotopic (exact) mass is 328 g/mol. The number of nitrogens with one attached hydrogen (secondary N) is 2. The molecule has 23 heavy (non-hydrogen) atoms. The Bertz CT molecular complexity index is 744. The van der Waals surface area contributed by atoms with Gasteiger partial charge in [0, 0.05) is 10.6 Å². The number of carbonyl (C=O) groups excluding carboxylic acids is 2. The first-order valence-electron chi connectivity index (χ1n) is 7.13. The average Bonchev–Trinajstić information content (AvgIpc) is 2.55. The maximum atomic E-state index is 12.1. The average molecular weight is 328 g/mol. The Hall–Kier alpha value is -2.47. The Morgan fingerprint density at radius 1 is 1.26 bits per heavy atom. The van der Waals surface area contributed by atoms with Gasteiger partial charge in [-0.25, -0.2) is 0 Å². The van der Waals surface area contributed by atoms with E-state index in [1.54, 1.807) is 31.4 Å². The maximum absolute atomic E-state index is 12.1. The number of fused-ring (bicyclic) bond motifs is 1. The molecule has 5 nitrogen and oxygen atoms in total. The van der Waals surface area contributed by atoms with Crippen LogP contribution in [0.5, 0.6) is 5.75 Å². The van der Waals surface area contributed by atoms with Crippen LogP contribution in [0.1, 0.15) is 5.56 Å². The summed E-state index contributed by atoms with van der Waals surface area (Å²) in [5.41, 5.74) is 2.36. The van der Waals surface area contributed by atoms with Crippen LogP contribution < -0.4 is 15.4 Å². The van der Waals surface area contributed by atoms with Gasteiger partial charge in [0.25, 0.3) is 0 Å². The number of benzene rings is 2. The normalized spacial score (nSPS) is 13.0. The fourth-order valence-corrected chi connectivity index (χ4v) is 3.09. The van der Waals surface area contributed by atoms with Crippen molar-refractivity contribution >= 4 is 35.0 Å². The molecule has 2 N–H and O–H groups in total. The summed E-state index contributed by atoms with van der Waals surface area (Å²) in [7, 11) is 1.60. The number of anilines is 2. The highest BCUT2D eigenvalue weighted by molar-refractivity contribution is 8.00. The quantitative estimate of drug-likeness (QED) is 0.905. The third-order valence-electron chi connectivity index (χ3n) is 3.42. The molecule has 1 aliphatic rings. The number of thioether (sulfide) groups is 1. The largest absolute Gasteiger partial charge is 0.497 e. The summed E-state index contributed by atoms with van der Waals surface area (Å²) in [4.78, 5) is 24.6. The van der Waals surface area contributed by atoms with Crippen LogP contribution in [0.4, 0.5) is 11.4 Å². The number of ether oxygens (including phenoxy) is 1. The molecular weight excluding hydrogens is 312 g/mol. The molecule has 2 aromatic rings. The smallest absolute Gasteiger partial charge is 0.234 e. The standard InChI is InChI=1S/C17H16N2O3S/c1-22-13-5-3-12(4-6-13)18-16(20)9-11-2-7-15-14(8-11)19-17(21)10-23-15/h2-8H,9-10H2,1H3,(H,18,20)(H,19,21). The second-order valence-electron chi connectivity index (χ2n) is 5.12. The molecule has 118 valence electrons. The van der Waals surface area contributed by atoms with Crippen molar-refractivity contribution in [3.63, 3.8) is 0 Å². The van der Waals surface area contributed by atoms with Crippen molar-refractivity contribution in [3.05, 3.63) is 48.0 Å². The molecule has 0 aromatic heterocycles. The lowest BCUT2D eigenvalue weighted by atomic mass is 10.1. The number of amides is 2. The van der Waals surface area contributed by atoms with Gasteiger partial charge in [0.1, 0.15) is 5.75 Å². The van der Waals surface area contributed by atoms with Crippen molar-refractivity contribution in [3.8, 4) is 5.75 Å². The highest BCUT2D eigenvalue weighted by atomic mass is 32.2. The molecule has 0 atom stereocenters. The number of hydrogen-bond donors (Lipinski definition) is 2. The molecule has 0 radical (unpaired) electrons.